The zero-order valence-electron chi connectivity index (χ0n) is 11.5. The van der Waals surface area contributed by atoms with Crippen molar-refractivity contribution < 1.29 is 14.7 Å². The lowest BCUT2D eigenvalue weighted by Crippen LogP contribution is -2.41. The van der Waals surface area contributed by atoms with Gasteiger partial charge in [-0.05, 0) is 93.8 Å². The summed E-state index contributed by atoms with van der Waals surface area (Å²) < 4.78 is 3.03. The first kappa shape index (κ1) is 19.4. The number of amides is 1. The van der Waals surface area contributed by atoms with Crippen LogP contribution in [0.25, 0.3) is 0 Å². The topological polar surface area (TPSA) is 69.6 Å². The average Bonchev–Trinajstić information content (AvgIpc) is 2.32. The quantitative estimate of drug-likeness (QED) is 0.476. The number of hydrogen-bond acceptors (Lipinski definition) is 3. The van der Waals surface area contributed by atoms with Crippen molar-refractivity contribution in [2.24, 2.45) is 0 Å². The third-order valence-electron chi connectivity index (χ3n) is 2.69. The van der Waals surface area contributed by atoms with Gasteiger partial charge < -0.3 is 10.4 Å². The summed E-state index contributed by atoms with van der Waals surface area (Å²) in [5, 5.41) is 11.7. The smallest absolute Gasteiger partial charge is 0.317 e. The van der Waals surface area contributed by atoms with E-state index in [4.69, 9.17) is 5.11 Å². The average molecular weight is 628 g/mol. The fraction of sp³-hybridized carbons (Fsp3) is 0.385. The van der Waals surface area contributed by atoms with E-state index in [1.54, 1.807) is 4.90 Å². The van der Waals surface area contributed by atoms with Crippen molar-refractivity contribution >= 4 is 85.3 Å². The predicted octanol–water partition coefficient (Wildman–Crippen LogP) is 3.23. The Morgan fingerprint density at radius 2 is 1.71 bits per heavy atom. The van der Waals surface area contributed by atoms with Crippen LogP contribution in [-0.2, 0) is 9.59 Å². The number of carboxylic acids is 1. The number of hydrogen-bond donors (Lipinski definition) is 2. The van der Waals surface area contributed by atoms with Crippen molar-refractivity contribution in [1.82, 2.24) is 4.90 Å². The Labute approximate surface area is 164 Å². The van der Waals surface area contributed by atoms with Gasteiger partial charge in [-0.15, -0.1) is 0 Å². The van der Waals surface area contributed by atoms with E-state index in [1.807, 2.05) is 26.0 Å². The first-order valence-corrected chi connectivity index (χ1v) is 9.34. The number of carboxylic acid groups (broad SMARTS) is 1. The molecule has 0 aliphatic rings. The molecule has 1 aromatic rings. The number of aliphatic carboxylic acids is 1. The van der Waals surface area contributed by atoms with E-state index >= 15 is 0 Å². The van der Waals surface area contributed by atoms with E-state index in [0.29, 0.717) is 0 Å². The molecule has 0 heterocycles. The summed E-state index contributed by atoms with van der Waals surface area (Å²) in [5.74, 6) is -1.14. The lowest BCUT2D eigenvalue weighted by atomic mass is 10.3. The molecule has 0 unspecified atom stereocenters. The summed E-state index contributed by atoms with van der Waals surface area (Å²) in [5.41, 5.74) is 0.778. The van der Waals surface area contributed by atoms with Crippen molar-refractivity contribution in [1.29, 1.82) is 0 Å². The van der Waals surface area contributed by atoms with Gasteiger partial charge in [0, 0.05) is 16.8 Å². The lowest BCUT2D eigenvalue weighted by Gasteiger charge is -2.24. The Morgan fingerprint density at radius 1 is 1.19 bits per heavy atom. The van der Waals surface area contributed by atoms with Crippen LogP contribution >= 0.6 is 67.8 Å². The highest BCUT2D eigenvalue weighted by molar-refractivity contribution is 14.1. The molecule has 1 aromatic carbocycles. The number of nitrogens with zero attached hydrogens (tertiary/aromatic N) is 1. The second-order valence-electron chi connectivity index (χ2n) is 4.69. The van der Waals surface area contributed by atoms with E-state index in [-0.39, 0.29) is 25.0 Å². The van der Waals surface area contributed by atoms with Crippen LogP contribution in [-0.4, -0.2) is 41.0 Å². The Balaban J connectivity index is 2.79. The van der Waals surface area contributed by atoms with Gasteiger partial charge in [0.2, 0.25) is 5.91 Å². The highest BCUT2D eigenvalue weighted by Crippen LogP contribution is 2.27. The third kappa shape index (κ3) is 6.52. The monoisotopic (exact) mass is 628 g/mol. The fourth-order valence-corrected chi connectivity index (χ4v) is 5.47. The maximum atomic E-state index is 12.1. The highest BCUT2D eigenvalue weighted by atomic mass is 127. The van der Waals surface area contributed by atoms with E-state index in [1.165, 1.54) is 0 Å². The van der Waals surface area contributed by atoms with Gasteiger partial charge in [-0.1, -0.05) is 0 Å². The predicted molar refractivity (Wildman–Crippen MR) is 108 cm³/mol. The van der Waals surface area contributed by atoms with Crippen molar-refractivity contribution in [2.45, 2.75) is 19.9 Å². The molecule has 0 fully saturated rings. The second kappa shape index (κ2) is 8.82. The minimum atomic E-state index is -0.935. The van der Waals surface area contributed by atoms with Crippen molar-refractivity contribution in [3.05, 3.63) is 22.8 Å². The van der Waals surface area contributed by atoms with Crippen LogP contribution in [0.1, 0.15) is 13.8 Å². The number of carbonyl (C=O) groups excluding carboxylic acids is 1. The summed E-state index contributed by atoms with van der Waals surface area (Å²) in [6, 6.07) is 3.95. The molecule has 21 heavy (non-hydrogen) atoms. The van der Waals surface area contributed by atoms with Crippen LogP contribution < -0.4 is 5.32 Å². The van der Waals surface area contributed by atoms with Gasteiger partial charge in [-0.25, -0.2) is 0 Å². The summed E-state index contributed by atoms with van der Waals surface area (Å²) in [4.78, 5) is 24.6. The number of rotatable bonds is 6. The summed E-state index contributed by atoms with van der Waals surface area (Å²) in [6.07, 6.45) is 0. The molecular formula is C13H15I3N2O3. The minimum Gasteiger partial charge on any atom is -0.480 e. The molecule has 2 N–H and O–H groups in total. The summed E-state index contributed by atoms with van der Waals surface area (Å²) in [6.45, 7) is 3.65. The van der Waals surface area contributed by atoms with Crippen molar-refractivity contribution in [3.63, 3.8) is 0 Å². The van der Waals surface area contributed by atoms with E-state index in [9.17, 15) is 9.59 Å². The molecule has 0 aromatic heterocycles. The maximum Gasteiger partial charge on any atom is 0.317 e. The summed E-state index contributed by atoms with van der Waals surface area (Å²) >= 11 is 6.59. The van der Waals surface area contributed by atoms with Gasteiger partial charge >= 0.3 is 5.97 Å². The zero-order valence-corrected chi connectivity index (χ0v) is 18.0. The molecule has 1 rings (SSSR count). The van der Waals surface area contributed by atoms with Gasteiger partial charge in [-0.3, -0.25) is 14.5 Å². The molecule has 0 aliphatic heterocycles. The molecule has 0 bridgehead atoms. The Bertz CT molecular complexity index is 526. The maximum absolute atomic E-state index is 12.1. The van der Waals surface area contributed by atoms with Crippen LogP contribution in [0.15, 0.2) is 12.1 Å². The van der Waals surface area contributed by atoms with Crippen LogP contribution in [0.4, 0.5) is 5.69 Å². The molecule has 0 saturated carbocycles. The van der Waals surface area contributed by atoms with Crippen molar-refractivity contribution in [3.8, 4) is 0 Å². The molecule has 0 spiro atoms. The highest BCUT2D eigenvalue weighted by Gasteiger charge is 2.18. The molecule has 5 nitrogen and oxygen atoms in total. The molecular weight excluding hydrogens is 613 g/mol. The number of nitrogens with one attached hydrogen (secondary N) is 1. The van der Waals surface area contributed by atoms with Crippen LogP contribution in [0, 0.1) is 10.7 Å². The first-order chi connectivity index (χ1) is 9.70. The van der Waals surface area contributed by atoms with Crippen LogP contribution in [0.2, 0.25) is 0 Å². The zero-order chi connectivity index (χ0) is 16.2. The molecule has 0 radical (unpaired) electrons. The number of halogens is 3. The molecule has 0 aliphatic carbocycles. The normalized spacial score (nSPS) is 11.0. The molecule has 8 heteroatoms. The standard InChI is InChI=1S/C13H15I3N2O3/c1-7(2)18(6-12(20)21)5-11(19)17-13-9(15)3-8(14)4-10(13)16/h3-4,7H,5-6H2,1-2H3,(H,17,19)(H,20,21). The SMILES string of the molecule is CC(C)N(CC(=O)O)CC(=O)Nc1c(I)cc(I)cc1I. The number of carbonyl (C=O) groups is 2. The lowest BCUT2D eigenvalue weighted by molar-refractivity contribution is -0.139. The Hall–Kier alpha value is 0.310. The molecule has 0 atom stereocenters. The second-order valence-corrected chi connectivity index (χ2v) is 8.26. The minimum absolute atomic E-state index is 0.0123. The van der Waals surface area contributed by atoms with Gasteiger partial charge in [0.1, 0.15) is 0 Å². The number of benzene rings is 1. The first-order valence-electron chi connectivity index (χ1n) is 6.11. The fourth-order valence-electron chi connectivity index (χ4n) is 1.62. The number of anilines is 1. The Kier molecular flexibility index (Phi) is 8.13. The molecule has 1 amide bonds. The van der Waals surface area contributed by atoms with Crippen LogP contribution in [0.3, 0.4) is 0 Å². The van der Waals surface area contributed by atoms with E-state index < -0.39 is 5.97 Å². The van der Waals surface area contributed by atoms with E-state index in [0.717, 1.165) is 16.4 Å². The molecule has 116 valence electrons. The van der Waals surface area contributed by atoms with Gasteiger partial charge in [0.15, 0.2) is 0 Å². The van der Waals surface area contributed by atoms with Gasteiger partial charge in [0.05, 0.1) is 18.8 Å². The van der Waals surface area contributed by atoms with E-state index in [2.05, 4.69) is 73.1 Å². The third-order valence-corrected chi connectivity index (χ3v) is 5.01. The molecule has 0 saturated heterocycles. The Morgan fingerprint density at radius 3 is 2.14 bits per heavy atom. The van der Waals surface area contributed by atoms with Crippen LogP contribution in [0.5, 0.6) is 0 Å². The van der Waals surface area contributed by atoms with Gasteiger partial charge in [-0.2, -0.15) is 0 Å². The summed E-state index contributed by atoms with van der Waals surface area (Å²) in [7, 11) is 0. The van der Waals surface area contributed by atoms with Gasteiger partial charge in [0.25, 0.3) is 0 Å². The van der Waals surface area contributed by atoms with Crippen molar-refractivity contribution in [2.75, 3.05) is 18.4 Å². The largest absolute Gasteiger partial charge is 0.480 e.